The quantitative estimate of drug-likeness (QED) is 0.924. The van der Waals surface area contributed by atoms with Crippen molar-refractivity contribution in [3.05, 3.63) is 23.8 Å². The lowest BCUT2D eigenvalue weighted by molar-refractivity contribution is 0.174. The Morgan fingerprint density at radius 2 is 2.10 bits per heavy atom. The van der Waals surface area contributed by atoms with Crippen molar-refractivity contribution < 1.29 is 9.47 Å². The molecule has 0 aliphatic carbocycles. The number of likely N-dealkylation sites (tertiary alicyclic amines) is 1. The van der Waals surface area contributed by atoms with Gasteiger partial charge in [-0.15, -0.1) is 0 Å². The molecule has 2 unspecified atom stereocenters. The lowest BCUT2D eigenvalue weighted by Gasteiger charge is -2.26. The number of benzene rings is 1. The molecular weight excluding hydrogens is 264 g/mol. The van der Waals surface area contributed by atoms with Crippen LogP contribution in [-0.2, 0) is 0 Å². The Bertz CT molecular complexity index is 478. The zero-order valence-electron chi connectivity index (χ0n) is 13.1. The number of likely N-dealkylation sites (N-methyl/N-ethyl adjacent to an activating group) is 1. The molecule has 3 rings (SSSR count). The first-order valence-electron chi connectivity index (χ1n) is 8.05. The van der Waals surface area contributed by atoms with Crippen LogP contribution in [-0.4, -0.2) is 38.4 Å². The summed E-state index contributed by atoms with van der Waals surface area (Å²) in [4.78, 5) is 2.59. The van der Waals surface area contributed by atoms with Gasteiger partial charge in [-0.1, -0.05) is 13.0 Å². The fraction of sp³-hybridized carbons (Fsp3) is 0.647. The number of nitrogens with one attached hydrogen (secondary N) is 1. The first-order valence-corrected chi connectivity index (χ1v) is 8.05. The Labute approximate surface area is 127 Å². The van der Waals surface area contributed by atoms with Gasteiger partial charge >= 0.3 is 0 Å². The summed E-state index contributed by atoms with van der Waals surface area (Å²) >= 11 is 0. The molecule has 2 atom stereocenters. The first-order chi connectivity index (χ1) is 10.3. The van der Waals surface area contributed by atoms with Crippen molar-refractivity contribution in [2.75, 3.05) is 33.5 Å². The minimum absolute atomic E-state index is 0.340. The van der Waals surface area contributed by atoms with E-state index in [-0.39, 0.29) is 0 Å². The van der Waals surface area contributed by atoms with Gasteiger partial charge in [0.25, 0.3) is 0 Å². The third-order valence-corrected chi connectivity index (χ3v) is 4.70. The molecule has 2 heterocycles. The normalized spacial score (nSPS) is 23.8. The Morgan fingerprint density at radius 3 is 2.95 bits per heavy atom. The molecule has 1 aromatic rings. The van der Waals surface area contributed by atoms with Crippen molar-refractivity contribution in [1.29, 1.82) is 0 Å². The average molecular weight is 290 g/mol. The molecule has 0 amide bonds. The maximum atomic E-state index is 5.49. The fourth-order valence-corrected chi connectivity index (χ4v) is 3.26. The standard InChI is InChI=1S/C17H26N2O2/c1-13-4-3-8-19(9-7-13)11-15(18-2)14-5-6-16-17(10-14)21-12-20-16/h5-6,10,13,15,18H,3-4,7-9,11-12H2,1-2H3. The van der Waals surface area contributed by atoms with E-state index >= 15 is 0 Å². The Morgan fingerprint density at radius 1 is 1.24 bits per heavy atom. The maximum Gasteiger partial charge on any atom is 0.231 e. The summed E-state index contributed by atoms with van der Waals surface area (Å²) in [6.45, 7) is 6.20. The first kappa shape index (κ1) is 14.7. The van der Waals surface area contributed by atoms with Crippen LogP contribution in [0.1, 0.15) is 37.8 Å². The highest BCUT2D eigenvalue weighted by Crippen LogP contribution is 2.34. The van der Waals surface area contributed by atoms with Crippen LogP contribution < -0.4 is 14.8 Å². The van der Waals surface area contributed by atoms with Crippen molar-refractivity contribution in [1.82, 2.24) is 10.2 Å². The highest BCUT2D eigenvalue weighted by molar-refractivity contribution is 5.45. The van der Waals surface area contributed by atoms with Gasteiger partial charge in [0.1, 0.15) is 0 Å². The van der Waals surface area contributed by atoms with E-state index in [9.17, 15) is 0 Å². The van der Waals surface area contributed by atoms with Crippen LogP contribution in [0.15, 0.2) is 18.2 Å². The van der Waals surface area contributed by atoms with E-state index < -0.39 is 0 Å². The third-order valence-electron chi connectivity index (χ3n) is 4.70. The summed E-state index contributed by atoms with van der Waals surface area (Å²) in [5.74, 6) is 2.60. The number of hydrogen-bond acceptors (Lipinski definition) is 4. The van der Waals surface area contributed by atoms with Crippen LogP contribution in [0.3, 0.4) is 0 Å². The minimum Gasteiger partial charge on any atom is -0.454 e. The summed E-state index contributed by atoms with van der Waals surface area (Å²) in [5, 5.41) is 3.45. The largest absolute Gasteiger partial charge is 0.454 e. The third kappa shape index (κ3) is 3.50. The van der Waals surface area contributed by atoms with E-state index in [0.29, 0.717) is 12.8 Å². The zero-order chi connectivity index (χ0) is 14.7. The van der Waals surface area contributed by atoms with Crippen molar-refractivity contribution in [2.45, 2.75) is 32.2 Å². The van der Waals surface area contributed by atoms with Gasteiger partial charge in [0.05, 0.1) is 0 Å². The molecule has 0 saturated carbocycles. The van der Waals surface area contributed by atoms with Crippen molar-refractivity contribution >= 4 is 0 Å². The lowest BCUT2D eigenvalue weighted by Crippen LogP contribution is -2.34. The van der Waals surface area contributed by atoms with Crippen LogP contribution >= 0.6 is 0 Å². The van der Waals surface area contributed by atoms with Crippen LogP contribution in [0, 0.1) is 5.92 Å². The molecule has 4 heteroatoms. The van der Waals surface area contributed by atoms with E-state index in [1.807, 2.05) is 13.1 Å². The second-order valence-electron chi connectivity index (χ2n) is 6.29. The van der Waals surface area contributed by atoms with E-state index in [1.54, 1.807) is 0 Å². The highest BCUT2D eigenvalue weighted by atomic mass is 16.7. The predicted molar refractivity (Wildman–Crippen MR) is 83.8 cm³/mol. The van der Waals surface area contributed by atoms with Gasteiger partial charge in [-0.25, -0.2) is 0 Å². The molecule has 4 nitrogen and oxygen atoms in total. The zero-order valence-corrected chi connectivity index (χ0v) is 13.1. The fourth-order valence-electron chi connectivity index (χ4n) is 3.26. The molecular formula is C17H26N2O2. The van der Waals surface area contributed by atoms with Gasteiger partial charge in [-0.2, -0.15) is 0 Å². The second-order valence-corrected chi connectivity index (χ2v) is 6.29. The smallest absolute Gasteiger partial charge is 0.231 e. The van der Waals surface area contributed by atoms with Gasteiger partial charge < -0.3 is 19.7 Å². The van der Waals surface area contributed by atoms with Crippen molar-refractivity contribution in [3.63, 3.8) is 0 Å². The van der Waals surface area contributed by atoms with Crippen LogP contribution in [0.25, 0.3) is 0 Å². The van der Waals surface area contributed by atoms with E-state index in [4.69, 9.17) is 9.47 Å². The molecule has 0 bridgehead atoms. The summed E-state index contributed by atoms with van der Waals surface area (Å²) in [6, 6.07) is 6.62. The minimum atomic E-state index is 0.340. The molecule has 0 spiro atoms. The molecule has 1 aromatic carbocycles. The predicted octanol–water partition coefficient (Wildman–Crippen LogP) is 2.80. The molecule has 1 saturated heterocycles. The van der Waals surface area contributed by atoms with Gasteiger partial charge in [-0.05, 0) is 63.0 Å². The Balaban J connectivity index is 1.67. The van der Waals surface area contributed by atoms with Crippen LogP contribution in [0.2, 0.25) is 0 Å². The van der Waals surface area contributed by atoms with E-state index in [0.717, 1.165) is 24.0 Å². The van der Waals surface area contributed by atoms with E-state index in [2.05, 4.69) is 29.3 Å². The molecule has 2 aliphatic rings. The SMILES string of the molecule is CNC(CN1CCCC(C)CC1)c1ccc2c(c1)OCO2. The van der Waals surface area contributed by atoms with Crippen LogP contribution in [0.4, 0.5) is 0 Å². The van der Waals surface area contributed by atoms with E-state index in [1.165, 1.54) is 37.9 Å². The Kier molecular flexibility index (Phi) is 4.66. The van der Waals surface area contributed by atoms with Gasteiger partial charge in [0, 0.05) is 12.6 Å². The molecule has 0 radical (unpaired) electrons. The number of nitrogens with zero attached hydrogens (tertiary/aromatic N) is 1. The van der Waals surface area contributed by atoms with Gasteiger partial charge in [0.15, 0.2) is 11.5 Å². The number of rotatable bonds is 4. The summed E-state index contributed by atoms with van der Waals surface area (Å²) < 4.78 is 10.9. The van der Waals surface area contributed by atoms with Crippen molar-refractivity contribution in [2.24, 2.45) is 5.92 Å². The lowest BCUT2D eigenvalue weighted by atomic mass is 10.0. The Hall–Kier alpha value is -1.26. The highest BCUT2D eigenvalue weighted by Gasteiger charge is 2.20. The summed E-state index contributed by atoms with van der Waals surface area (Å²) in [7, 11) is 2.04. The van der Waals surface area contributed by atoms with Gasteiger partial charge in [0.2, 0.25) is 6.79 Å². The molecule has 2 aliphatic heterocycles. The van der Waals surface area contributed by atoms with Crippen molar-refractivity contribution in [3.8, 4) is 11.5 Å². The summed E-state index contributed by atoms with van der Waals surface area (Å²) in [5.41, 5.74) is 1.28. The number of fused-ring (bicyclic) bond motifs is 1. The average Bonchev–Trinajstić information content (AvgIpc) is 2.87. The second kappa shape index (κ2) is 6.67. The van der Waals surface area contributed by atoms with Crippen LogP contribution in [0.5, 0.6) is 11.5 Å². The maximum absolute atomic E-state index is 5.49. The summed E-state index contributed by atoms with van der Waals surface area (Å²) in [6.07, 6.45) is 4.00. The number of ether oxygens (including phenoxy) is 2. The monoisotopic (exact) mass is 290 g/mol. The molecule has 0 aromatic heterocycles. The topological polar surface area (TPSA) is 33.7 Å². The van der Waals surface area contributed by atoms with Gasteiger partial charge in [-0.3, -0.25) is 0 Å². The molecule has 1 fully saturated rings. The molecule has 116 valence electrons. The molecule has 1 N–H and O–H groups in total. The molecule has 21 heavy (non-hydrogen) atoms. The number of hydrogen-bond donors (Lipinski definition) is 1.